The second kappa shape index (κ2) is 5.74. The number of anilines is 2. The van der Waals surface area contributed by atoms with Gasteiger partial charge in [-0.3, -0.25) is 0 Å². The second-order valence-corrected chi connectivity index (χ2v) is 8.25. The molecule has 0 atom stereocenters. The van der Waals surface area contributed by atoms with Crippen molar-refractivity contribution in [3.63, 3.8) is 0 Å². The van der Waals surface area contributed by atoms with E-state index in [0.717, 1.165) is 0 Å². The van der Waals surface area contributed by atoms with Crippen molar-refractivity contribution in [2.75, 3.05) is 11.9 Å². The van der Waals surface area contributed by atoms with E-state index in [4.69, 9.17) is 0 Å². The van der Waals surface area contributed by atoms with E-state index in [1.165, 1.54) is 50.3 Å². The molecule has 0 spiro atoms. The van der Waals surface area contributed by atoms with E-state index >= 15 is 0 Å². The average molecular weight is 341 g/mol. The molecule has 3 aromatic carbocycles. The first-order valence-electron chi connectivity index (χ1n) is 9.36. The fourth-order valence-corrected chi connectivity index (χ4v) is 4.40. The lowest BCUT2D eigenvalue weighted by Gasteiger charge is -2.24. The van der Waals surface area contributed by atoms with Gasteiger partial charge in [0.25, 0.3) is 0 Å². The van der Waals surface area contributed by atoms with E-state index in [2.05, 4.69) is 101 Å². The molecule has 0 fully saturated rings. The third-order valence-electron chi connectivity index (χ3n) is 5.92. The zero-order valence-corrected chi connectivity index (χ0v) is 16.6. The fourth-order valence-electron chi connectivity index (χ4n) is 4.40. The first-order valence-corrected chi connectivity index (χ1v) is 9.36. The van der Waals surface area contributed by atoms with Gasteiger partial charge in [-0.2, -0.15) is 0 Å². The van der Waals surface area contributed by atoms with Gasteiger partial charge in [0, 0.05) is 23.8 Å². The third-order valence-corrected chi connectivity index (χ3v) is 5.92. The Bertz CT molecular complexity index is 1010. The van der Waals surface area contributed by atoms with Crippen LogP contribution in [-0.4, -0.2) is 7.05 Å². The summed E-state index contributed by atoms with van der Waals surface area (Å²) in [6.07, 6.45) is 0. The number of hydrogen-bond donors (Lipinski definition) is 0. The van der Waals surface area contributed by atoms with Crippen molar-refractivity contribution in [2.24, 2.45) is 0 Å². The summed E-state index contributed by atoms with van der Waals surface area (Å²) >= 11 is 0. The minimum Gasteiger partial charge on any atom is -0.344 e. The SMILES string of the molecule is Cc1ccc(N(C)c2ccc3c(c2)-c2cc(C)ccc2C3(C)C)c(C)c1. The van der Waals surface area contributed by atoms with Crippen molar-refractivity contribution in [1.82, 2.24) is 0 Å². The molecule has 0 bridgehead atoms. The number of nitrogens with zero attached hydrogens (tertiary/aromatic N) is 1. The van der Waals surface area contributed by atoms with Crippen LogP contribution in [0.5, 0.6) is 0 Å². The van der Waals surface area contributed by atoms with Gasteiger partial charge in [-0.1, -0.05) is 61.4 Å². The van der Waals surface area contributed by atoms with E-state index < -0.39 is 0 Å². The van der Waals surface area contributed by atoms with Gasteiger partial charge in [-0.25, -0.2) is 0 Å². The minimum absolute atomic E-state index is 0.0647. The van der Waals surface area contributed by atoms with Crippen LogP contribution in [0.15, 0.2) is 54.6 Å². The summed E-state index contributed by atoms with van der Waals surface area (Å²) in [4.78, 5) is 2.30. The van der Waals surface area contributed by atoms with Crippen molar-refractivity contribution in [3.8, 4) is 11.1 Å². The standard InChI is InChI=1S/C25H27N/c1-16-8-12-24(18(3)13-16)26(6)19-9-11-23-21(15-19)20-14-17(2)7-10-22(20)25(23,4)5/h7-15H,1-6H3. The molecule has 0 N–H and O–H groups in total. The number of benzene rings is 3. The summed E-state index contributed by atoms with van der Waals surface area (Å²) in [5, 5.41) is 0. The van der Waals surface area contributed by atoms with Crippen LogP contribution in [0, 0.1) is 20.8 Å². The molecule has 132 valence electrons. The zero-order valence-electron chi connectivity index (χ0n) is 16.6. The molecule has 0 aromatic heterocycles. The molecule has 1 heteroatoms. The molecule has 0 amide bonds. The summed E-state index contributed by atoms with van der Waals surface area (Å²) in [6, 6.07) is 20.5. The van der Waals surface area contributed by atoms with E-state index in [-0.39, 0.29) is 5.41 Å². The van der Waals surface area contributed by atoms with Gasteiger partial charge in [0.2, 0.25) is 0 Å². The Hall–Kier alpha value is -2.54. The molecule has 0 saturated heterocycles. The van der Waals surface area contributed by atoms with Gasteiger partial charge < -0.3 is 4.90 Å². The quantitative estimate of drug-likeness (QED) is 0.502. The molecule has 0 heterocycles. The molecule has 1 aliphatic rings. The van der Waals surface area contributed by atoms with Crippen molar-refractivity contribution in [1.29, 1.82) is 0 Å². The summed E-state index contributed by atoms with van der Waals surface area (Å²) in [6.45, 7) is 11.2. The topological polar surface area (TPSA) is 3.24 Å². The predicted molar refractivity (Wildman–Crippen MR) is 113 cm³/mol. The first kappa shape index (κ1) is 16.9. The Kier molecular flexibility index (Phi) is 3.73. The maximum absolute atomic E-state index is 2.36. The second-order valence-electron chi connectivity index (χ2n) is 8.25. The summed E-state index contributed by atoms with van der Waals surface area (Å²) in [5.41, 5.74) is 12.1. The van der Waals surface area contributed by atoms with Gasteiger partial charge in [0.1, 0.15) is 0 Å². The normalized spacial score (nSPS) is 14.1. The van der Waals surface area contributed by atoms with Crippen molar-refractivity contribution >= 4 is 11.4 Å². The van der Waals surface area contributed by atoms with Crippen LogP contribution in [-0.2, 0) is 5.41 Å². The highest BCUT2D eigenvalue weighted by molar-refractivity contribution is 5.84. The summed E-state index contributed by atoms with van der Waals surface area (Å²) in [7, 11) is 2.16. The molecule has 3 aromatic rings. The maximum atomic E-state index is 2.36. The Labute approximate surface area is 157 Å². The Morgan fingerprint density at radius 3 is 1.96 bits per heavy atom. The van der Waals surface area contributed by atoms with Crippen LogP contribution < -0.4 is 4.90 Å². The zero-order chi connectivity index (χ0) is 18.6. The van der Waals surface area contributed by atoms with Crippen LogP contribution in [0.3, 0.4) is 0 Å². The van der Waals surface area contributed by atoms with Gasteiger partial charge in [0.15, 0.2) is 0 Å². The van der Waals surface area contributed by atoms with Crippen molar-refractivity contribution in [3.05, 3.63) is 82.4 Å². The highest BCUT2D eigenvalue weighted by Gasteiger charge is 2.35. The molecule has 0 saturated carbocycles. The van der Waals surface area contributed by atoms with Gasteiger partial charge in [-0.05, 0) is 66.8 Å². The third kappa shape index (κ3) is 2.46. The van der Waals surface area contributed by atoms with Gasteiger partial charge in [-0.15, -0.1) is 0 Å². The molecule has 26 heavy (non-hydrogen) atoms. The molecular weight excluding hydrogens is 314 g/mol. The van der Waals surface area contributed by atoms with E-state index in [0.29, 0.717) is 0 Å². The Balaban J connectivity index is 1.85. The maximum Gasteiger partial charge on any atom is 0.0437 e. The van der Waals surface area contributed by atoms with Crippen LogP contribution in [0.25, 0.3) is 11.1 Å². The number of rotatable bonds is 2. The lowest BCUT2D eigenvalue weighted by molar-refractivity contribution is 0.660. The Morgan fingerprint density at radius 1 is 0.692 bits per heavy atom. The molecule has 4 rings (SSSR count). The van der Waals surface area contributed by atoms with E-state index in [1.54, 1.807) is 0 Å². The molecular formula is C25H27N. The van der Waals surface area contributed by atoms with Gasteiger partial charge in [0.05, 0.1) is 0 Å². The van der Waals surface area contributed by atoms with Crippen LogP contribution in [0.1, 0.15) is 41.7 Å². The average Bonchev–Trinajstić information content (AvgIpc) is 2.81. The number of hydrogen-bond acceptors (Lipinski definition) is 1. The molecule has 1 aliphatic carbocycles. The van der Waals surface area contributed by atoms with Crippen molar-refractivity contribution in [2.45, 2.75) is 40.0 Å². The largest absolute Gasteiger partial charge is 0.344 e. The lowest BCUT2D eigenvalue weighted by Crippen LogP contribution is -2.15. The lowest BCUT2D eigenvalue weighted by atomic mass is 9.82. The van der Waals surface area contributed by atoms with E-state index in [9.17, 15) is 0 Å². The number of fused-ring (bicyclic) bond motifs is 3. The minimum atomic E-state index is 0.0647. The van der Waals surface area contributed by atoms with Crippen LogP contribution >= 0.6 is 0 Å². The summed E-state index contributed by atoms with van der Waals surface area (Å²) < 4.78 is 0. The molecule has 0 aliphatic heterocycles. The van der Waals surface area contributed by atoms with Crippen LogP contribution in [0.2, 0.25) is 0 Å². The Morgan fingerprint density at radius 2 is 1.27 bits per heavy atom. The summed E-state index contributed by atoms with van der Waals surface area (Å²) in [5.74, 6) is 0. The smallest absolute Gasteiger partial charge is 0.0437 e. The monoisotopic (exact) mass is 341 g/mol. The van der Waals surface area contributed by atoms with Crippen LogP contribution in [0.4, 0.5) is 11.4 Å². The highest BCUT2D eigenvalue weighted by Crippen LogP contribution is 2.50. The highest BCUT2D eigenvalue weighted by atomic mass is 15.1. The molecule has 1 nitrogen and oxygen atoms in total. The van der Waals surface area contributed by atoms with Crippen molar-refractivity contribution < 1.29 is 0 Å². The fraction of sp³-hybridized carbons (Fsp3) is 0.280. The number of aryl methyl sites for hydroxylation is 3. The molecule has 0 radical (unpaired) electrons. The first-order chi connectivity index (χ1) is 12.3. The van der Waals surface area contributed by atoms with Gasteiger partial charge >= 0.3 is 0 Å². The van der Waals surface area contributed by atoms with E-state index in [1.807, 2.05) is 0 Å². The molecule has 0 unspecified atom stereocenters. The predicted octanol–water partition coefficient (Wildman–Crippen LogP) is 6.69.